The van der Waals surface area contributed by atoms with Crippen LogP contribution in [0.25, 0.3) is 0 Å². The molecule has 0 atom stereocenters. The van der Waals surface area contributed by atoms with Gasteiger partial charge in [-0.1, -0.05) is 72.3 Å². The van der Waals surface area contributed by atoms with Gasteiger partial charge in [-0.3, -0.25) is 9.80 Å². The van der Waals surface area contributed by atoms with Crippen molar-refractivity contribution in [1.82, 2.24) is 9.80 Å². The fourth-order valence-electron chi connectivity index (χ4n) is 4.34. The van der Waals surface area contributed by atoms with Crippen molar-refractivity contribution in [1.29, 1.82) is 0 Å². The van der Waals surface area contributed by atoms with E-state index in [0.29, 0.717) is 0 Å². The van der Waals surface area contributed by atoms with E-state index in [-0.39, 0.29) is 9.52 Å². The number of rotatable bonds is 20. The van der Waals surface area contributed by atoms with Gasteiger partial charge < -0.3 is 8.85 Å². The van der Waals surface area contributed by atoms with Crippen LogP contribution in [-0.2, 0) is 8.85 Å². The van der Waals surface area contributed by atoms with Gasteiger partial charge in [0.2, 0.25) is 0 Å². The summed E-state index contributed by atoms with van der Waals surface area (Å²) in [4.78, 5) is 5.38. The lowest BCUT2D eigenvalue weighted by molar-refractivity contribution is 0.114. The summed E-state index contributed by atoms with van der Waals surface area (Å²) < 4.78 is 11.9. The molecule has 0 rings (SSSR count). The van der Waals surface area contributed by atoms with Crippen LogP contribution in [0.3, 0.4) is 0 Å². The SMILES string of the molecule is CCO[Si](C)(CCCCCCCC[SiH2]C(N(CC)CC)N(CC)CC)OCC. The third kappa shape index (κ3) is 12.1. The Morgan fingerprint density at radius 3 is 1.54 bits per heavy atom. The van der Waals surface area contributed by atoms with Crippen LogP contribution in [0.2, 0.25) is 18.6 Å². The van der Waals surface area contributed by atoms with Crippen molar-refractivity contribution in [2.75, 3.05) is 39.4 Å². The molecule has 0 aliphatic rings. The van der Waals surface area contributed by atoms with Crippen LogP contribution in [0.4, 0.5) is 0 Å². The zero-order chi connectivity index (χ0) is 21.3. The minimum absolute atomic E-state index is 0.0637. The summed E-state index contributed by atoms with van der Waals surface area (Å²) in [7, 11) is -1.95. The third-order valence-electron chi connectivity index (χ3n) is 5.96. The lowest BCUT2D eigenvalue weighted by Crippen LogP contribution is -2.51. The molecule has 0 fully saturated rings. The molecule has 0 bridgehead atoms. The molecule has 0 aromatic heterocycles. The van der Waals surface area contributed by atoms with E-state index in [2.05, 4.69) is 57.9 Å². The van der Waals surface area contributed by atoms with Gasteiger partial charge in [0.25, 0.3) is 0 Å². The number of hydrogen-bond acceptors (Lipinski definition) is 4. The maximum atomic E-state index is 5.94. The highest BCUT2D eigenvalue weighted by atomic mass is 28.4. The second-order valence-electron chi connectivity index (χ2n) is 7.94. The quantitative estimate of drug-likeness (QED) is 0.153. The van der Waals surface area contributed by atoms with Crippen molar-refractivity contribution in [3.63, 3.8) is 0 Å². The Kier molecular flexibility index (Phi) is 18.3. The van der Waals surface area contributed by atoms with Gasteiger partial charge in [-0.2, -0.15) is 0 Å². The molecule has 4 nitrogen and oxygen atoms in total. The summed E-state index contributed by atoms with van der Waals surface area (Å²) in [6.07, 6.45) is 8.24. The average molecular weight is 433 g/mol. The van der Waals surface area contributed by atoms with Crippen LogP contribution in [0.5, 0.6) is 0 Å². The number of nitrogens with zero attached hydrogens (tertiary/aromatic N) is 2. The minimum Gasteiger partial charge on any atom is -0.395 e. The molecule has 0 aliphatic heterocycles. The van der Waals surface area contributed by atoms with Crippen LogP contribution in [0, 0.1) is 0 Å². The van der Waals surface area contributed by atoms with Gasteiger partial charge in [-0.15, -0.1) is 0 Å². The monoisotopic (exact) mass is 432 g/mol. The Morgan fingerprint density at radius 2 is 1.11 bits per heavy atom. The summed E-state index contributed by atoms with van der Waals surface area (Å²) in [5, 5.41) is 0. The van der Waals surface area contributed by atoms with E-state index < -0.39 is 8.56 Å². The van der Waals surface area contributed by atoms with Crippen molar-refractivity contribution < 1.29 is 8.85 Å². The summed E-state index contributed by atoms with van der Waals surface area (Å²) >= 11 is 0. The normalized spacial score (nSPS) is 13.1. The average Bonchev–Trinajstić information content (AvgIpc) is 2.68. The second-order valence-corrected chi connectivity index (χ2v) is 13.3. The highest BCUT2D eigenvalue weighted by Gasteiger charge is 2.29. The predicted octanol–water partition coefficient (Wildman–Crippen LogP) is 5.03. The molecule has 0 N–H and O–H groups in total. The van der Waals surface area contributed by atoms with Crippen LogP contribution < -0.4 is 0 Å². The first-order chi connectivity index (χ1) is 13.5. The highest BCUT2D eigenvalue weighted by molar-refractivity contribution is 6.66. The largest absolute Gasteiger partial charge is 0.395 e. The molecule has 0 aromatic carbocycles. The Hall–Kier alpha value is 0.274. The second kappa shape index (κ2) is 18.1. The van der Waals surface area contributed by atoms with Crippen molar-refractivity contribution in [2.24, 2.45) is 0 Å². The zero-order valence-corrected chi connectivity index (χ0v) is 22.8. The van der Waals surface area contributed by atoms with Gasteiger partial charge in [0.15, 0.2) is 0 Å². The molecule has 6 heteroatoms. The Morgan fingerprint density at radius 1 is 0.679 bits per heavy atom. The molecule has 0 amide bonds. The Bertz CT molecular complexity index is 322. The molecule has 0 saturated heterocycles. The van der Waals surface area contributed by atoms with Gasteiger partial charge >= 0.3 is 8.56 Å². The summed E-state index contributed by atoms with van der Waals surface area (Å²) in [5.41, 5.74) is 0. The van der Waals surface area contributed by atoms with Crippen molar-refractivity contribution >= 4 is 18.1 Å². The van der Waals surface area contributed by atoms with Crippen LogP contribution in [0.15, 0.2) is 0 Å². The molecule has 0 aromatic rings. The van der Waals surface area contributed by atoms with Crippen LogP contribution in [0.1, 0.15) is 80.1 Å². The van der Waals surface area contributed by atoms with Gasteiger partial charge in [-0.05, 0) is 52.6 Å². The van der Waals surface area contributed by atoms with Gasteiger partial charge in [-0.25, -0.2) is 0 Å². The summed E-state index contributed by atoms with van der Waals surface area (Å²) in [6.45, 7) is 22.0. The van der Waals surface area contributed by atoms with E-state index in [1.807, 2.05) is 0 Å². The van der Waals surface area contributed by atoms with E-state index in [0.717, 1.165) is 25.0 Å². The number of hydrogen-bond donors (Lipinski definition) is 0. The van der Waals surface area contributed by atoms with Gasteiger partial charge in [0.05, 0.1) is 9.52 Å². The van der Waals surface area contributed by atoms with E-state index in [9.17, 15) is 0 Å². The Labute approximate surface area is 180 Å². The summed E-state index contributed by atoms with van der Waals surface area (Å²) in [6, 6.07) is 2.65. The fourth-order valence-corrected chi connectivity index (χ4v) is 9.60. The first kappa shape index (κ1) is 28.3. The maximum Gasteiger partial charge on any atom is 0.334 e. The molecular formula is C22H52N2O2Si2. The topological polar surface area (TPSA) is 24.9 Å². The van der Waals surface area contributed by atoms with E-state index >= 15 is 0 Å². The molecule has 0 heterocycles. The molecule has 170 valence electrons. The lowest BCUT2D eigenvalue weighted by Gasteiger charge is -2.38. The maximum absolute atomic E-state index is 5.94. The first-order valence-corrected chi connectivity index (χ1v) is 16.6. The molecule has 28 heavy (non-hydrogen) atoms. The van der Waals surface area contributed by atoms with E-state index in [1.54, 1.807) is 0 Å². The molecule has 0 spiro atoms. The summed E-state index contributed by atoms with van der Waals surface area (Å²) in [5.74, 6) is 0.768. The van der Waals surface area contributed by atoms with Gasteiger partial charge in [0.1, 0.15) is 0 Å². The predicted molar refractivity (Wildman–Crippen MR) is 130 cm³/mol. The lowest BCUT2D eigenvalue weighted by atomic mass is 10.1. The highest BCUT2D eigenvalue weighted by Crippen LogP contribution is 2.19. The van der Waals surface area contributed by atoms with Crippen molar-refractivity contribution in [3.05, 3.63) is 0 Å². The molecule has 0 aliphatic carbocycles. The molecule has 0 saturated carbocycles. The van der Waals surface area contributed by atoms with Gasteiger partial charge in [0, 0.05) is 19.0 Å². The first-order valence-electron chi connectivity index (χ1n) is 12.3. The van der Waals surface area contributed by atoms with Crippen LogP contribution >= 0.6 is 0 Å². The molecular weight excluding hydrogens is 380 g/mol. The number of unbranched alkanes of at least 4 members (excludes halogenated alkanes) is 5. The van der Waals surface area contributed by atoms with E-state index in [4.69, 9.17) is 8.85 Å². The van der Waals surface area contributed by atoms with Crippen LogP contribution in [-0.4, -0.2) is 73.1 Å². The Balaban J connectivity index is 3.97. The van der Waals surface area contributed by atoms with E-state index in [1.165, 1.54) is 70.7 Å². The minimum atomic E-state index is -1.88. The van der Waals surface area contributed by atoms with Crippen molar-refractivity contribution in [2.45, 2.75) is 104 Å². The molecule has 0 radical (unpaired) electrons. The molecule has 0 unspecified atom stereocenters. The third-order valence-corrected chi connectivity index (χ3v) is 11.5. The fraction of sp³-hybridized carbons (Fsp3) is 1.00. The van der Waals surface area contributed by atoms with Crippen molar-refractivity contribution in [3.8, 4) is 0 Å². The zero-order valence-electron chi connectivity index (χ0n) is 20.4. The smallest absolute Gasteiger partial charge is 0.334 e. The standard InChI is InChI=1S/C22H52N2O2Si2/c1-8-23(9-2)22(24(10-3)11-4)27-20-18-16-14-15-17-19-21-28(7,25-12-5)26-13-6/h22H,8-21,27H2,1-7H3.